The number of amides is 2. The molecule has 1 heterocycles. The quantitative estimate of drug-likeness (QED) is 0.332. The van der Waals surface area contributed by atoms with Gasteiger partial charge in [-0.05, 0) is 49.2 Å². The number of halogens is 1. The van der Waals surface area contributed by atoms with E-state index in [4.69, 9.17) is 11.6 Å². The third kappa shape index (κ3) is 6.23. The van der Waals surface area contributed by atoms with Gasteiger partial charge in [0, 0.05) is 27.7 Å². The first-order chi connectivity index (χ1) is 17.9. The standard InChI is InChI=1S/C29H25ClN4O2S/c1-18-13-14-22(15-24(18)30)33-25(35)17-37-29-23(16-31)27(20-9-5-3-6-10-20)26(19(2)32-29)28(36)34-21-11-7-4-8-12-21/h3-15,27,32H,17H2,1-2H3,(H,33,35)(H,34,36). The third-order valence-electron chi connectivity index (χ3n) is 5.86. The lowest BCUT2D eigenvalue weighted by Gasteiger charge is -2.29. The zero-order valence-corrected chi connectivity index (χ0v) is 21.9. The van der Waals surface area contributed by atoms with E-state index in [-0.39, 0.29) is 17.6 Å². The second-order valence-corrected chi connectivity index (χ2v) is 9.88. The van der Waals surface area contributed by atoms with Crippen molar-refractivity contribution in [3.63, 3.8) is 0 Å². The highest BCUT2D eigenvalue weighted by atomic mass is 35.5. The minimum atomic E-state index is -0.586. The number of anilines is 2. The molecule has 186 valence electrons. The molecule has 0 bridgehead atoms. The summed E-state index contributed by atoms with van der Waals surface area (Å²) < 4.78 is 0. The van der Waals surface area contributed by atoms with Gasteiger partial charge in [0.15, 0.2) is 0 Å². The molecule has 3 N–H and O–H groups in total. The number of nitriles is 1. The molecular formula is C29H25ClN4O2S. The van der Waals surface area contributed by atoms with Gasteiger partial charge in [-0.1, -0.05) is 78.0 Å². The summed E-state index contributed by atoms with van der Waals surface area (Å²) in [5.74, 6) is -1.05. The number of hydrogen-bond acceptors (Lipinski definition) is 5. The van der Waals surface area contributed by atoms with Crippen molar-refractivity contribution in [2.75, 3.05) is 16.4 Å². The van der Waals surface area contributed by atoms with Crippen molar-refractivity contribution in [2.24, 2.45) is 0 Å². The van der Waals surface area contributed by atoms with Crippen molar-refractivity contribution in [2.45, 2.75) is 19.8 Å². The van der Waals surface area contributed by atoms with Crippen LogP contribution < -0.4 is 16.0 Å². The molecule has 6 nitrogen and oxygen atoms in total. The van der Waals surface area contributed by atoms with Crippen LogP contribution in [0.15, 0.2) is 101 Å². The maximum Gasteiger partial charge on any atom is 0.254 e. The topological polar surface area (TPSA) is 94.0 Å². The smallest absolute Gasteiger partial charge is 0.254 e. The van der Waals surface area contributed by atoms with Gasteiger partial charge in [0.25, 0.3) is 5.91 Å². The van der Waals surface area contributed by atoms with Crippen molar-refractivity contribution in [3.05, 3.63) is 117 Å². The van der Waals surface area contributed by atoms with Gasteiger partial charge in [0.2, 0.25) is 5.91 Å². The molecule has 0 saturated carbocycles. The number of para-hydroxylation sites is 1. The summed E-state index contributed by atoms with van der Waals surface area (Å²) in [6.45, 7) is 3.70. The Balaban J connectivity index is 1.59. The minimum Gasteiger partial charge on any atom is -0.353 e. The maximum atomic E-state index is 13.4. The monoisotopic (exact) mass is 528 g/mol. The van der Waals surface area contributed by atoms with Gasteiger partial charge < -0.3 is 16.0 Å². The van der Waals surface area contributed by atoms with E-state index in [2.05, 4.69) is 22.0 Å². The van der Waals surface area contributed by atoms with E-state index in [0.29, 0.717) is 38.3 Å². The van der Waals surface area contributed by atoms with Crippen LogP contribution in [0.4, 0.5) is 11.4 Å². The molecule has 2 amide bonds. The first-order valence-electron chi connectivity index (χ1n) is 11.6. The number of carbonyl (C=O) groups is 2. The molecule has 4 rings (SSSR count). The van der Waals surface area contributed by atoms with Gasteiger partial charge in [0.1, 0.15) is 0 Å². The molecule has 0 fully saturated rings. The summed E-state index contributed by atoms with van der Waals surface area (Å²) in [6.07, 6.45) is 0. The normalized spacial score (nSPS) is 15.0. The molecule has 0 aliphatic carbocycles. The number of aryl methyl sites for hydroxylation is 1. The van der Waals surface area contributed by atoms with E-state index < -0.39 is 5.92 Å². The molecule has 3 aromatic rings. The van der Waals surface area contributed by atoms with E-state index in [0.717, 1.165) is 11.1 Å². The van der Waals surface area contributed by atoms with Crippen LogP contribution in [-0.4, -0.2) is 17.6 Å². The Morgan fingerprint density at radius 2 is 1.65 bits per heavy atom. The van der Waals surface area contributed by atoms with Crippen LogP contribution in [0.2, 0.25) is 5.02 Å². The van der Waals surface area contributed by atoms with Gasteiger partial charge in [-0.25, -0.2) is 0 Å². The van der Waals surface area contributed by atoms with Gasteiger partial charge in [-0.2, -0.15) is 5.26 Å². The average Bonchev–Trinajstić information content (AvgIpc) is 2.90. The largest absolute Gasteiger partial charge is 0.353 e. The summed E-state index contributed by atoms with van der Waals surface area (Å²) in [7, 11) is 0. The Kier molecular flexibility index (Phi) is 8.34. The Morgan fingerprint density at radius 3 is 2.30 bits per heavy atom. The number of dihydropyridines is 1. The van der Waals surface area contributed by atoms with E-state index in [1.165, 1.54) is 11.8 Å². The number of allylic oxidation sites excluding steroid dienone is 2. The van der Waals surface area contributed by atoms with Crippen molar-refractivity contribution >= 4 is 46.6 Å². The van der Waals surface area contributed by atoms with Crippen LogP contribution in [0.5, 0.6) is 0 Å². The predicted molar refractivity (Wildman–Crippen MR) is 150 cm³/mol. The van der Waals surface area contributed by atoms with Crippen LogP contribution in [0.1, 0.15) is 24.0 Å². The van der Waals surface area contributed by atoms with Gasteiger partial charge in [-0.3, -0.25) is 9.59 Å². The lowest BCUT2D eigenvalue weighted by Crippen LogP contribution is -2.31. The van der Waals surface area contributed by atoms with Crippen molar-refractivity contribution in [1.82, 2.24) is 5.32 Å². The molecule has 0 saturated heterocycles. The summed E-state index contributed by atoms with van der Waals surface area (Å²) in [5.41, 5.74) is 4.46. The molecule has 0 aromatic heterocycles. The number of benzene rings is 3. The molecule has 37 heavy (non-hydrogen) atoms. The van der Waals surface area contributed by atoms with E-state index in [1.807, 2.05) is 73.7 Å². The molecule has 1 aliphatic heterocycles. The lowest BCUT2D eigenvalue weighted by atomic mass is 9.82. The Labute approximate surface area is 225 Å². The van der Waals surface area contributed by atoms with E-state index in [1.54, 1.807) is 19.1 Å². The third-order valence-corrected chi connectivity index (χ3v) is 7.28. The minimum absolute atomic E-state index is 0.0688. The molecular weight excluding hydrogens is 504 g/mol. The SMILES string of the molecule is CC1=C(C(=O)Nc2ccccc2)C(c2ccccc2)C(C#N)=C(SCC(=O)Nc2ccc(C)c(Cl)c2)N1. The second-order valence-electron chi connectivity index (χ2n) is 8.48. The van der Waals surface area contributed by atoms with Crippen LogP contribution in [0.3, 0.4) is 0 Å². The van der Waals surface area contributed by atoms with Crippen LogP contribution >= 0.6 is 23.4 Å². The number of hydrogen-bond donors (Lipinski definition) is 3. The van der Waals surface area contributed by atoms with Crippen molar-refractivity contribution < 1.29 is 9.59 Å². The maximum absolute atomic E-state index is 13.4. The fourth-order valence-electron chi connectivity index (χ4n) is 4.03. The number of nitrogens with zero attached hydrogens (tertiary/aromatic N) is 1. The van der Waals surface area contributed by atoms with Gasteiger partial charge in [-0.15, -0.1) is 0 Å². The molecule has 3 aromatic carbocycles. The van der Waals surface area contributed by atoms with E-state index >= 15 is 0 Å². The van der Waals surface area contributed by atoms with Crippen LogP contribution in [0.25, 0.3) is 0 Å². The van der Waals surface area contributed by atoms with Crippen LogP contribution in [0, 0.1) is 18.3 Å². The lowest BCUT2D eigenvalue weighted by molar-refractivity contribution is -0.114. The Hall–Kier alpha value is -3.99. The number of carbonyl (C=O) groups excluding carboxylic acids is 2. The second kappa shape index (κ2) is 11.8. The van der Waals surface area contributed by atoms with Crippen molar-refractivity contribution in [1.29, 1.82) is 5.26 Å². The van der Waals surface area contributed by atoms with E-state index in [9.17, 15) is 14.9 Å². The van der Waals surface area contributed by atoms with Crippen molar-refractivity contribution in [3.8, 4) is 6.07 Å². The van der Waals surface area contributed by atoms with Gasteiger partial charge in [0.05, 0.1) is 28.3 Å². The van der Waals surface area contributed by atoms with Crippen LogP contribution in [-0.2, 0) is 9.59 Å². The summed E-state index contributed by atoms with van der Waals surface area (Å²) >= 11 is 7.39. The zero-order valence-electron chi connectivity index (χ0n) is 20.3. The molecule has 0 radical (unpaired) electrons. The summed E-state index contributed by atoms with van der Waals surface area (Å²) in [4.78, 5) is 26.1. The zero-order chi connectivity index (χ0) is 26.4. The fraction of sp³-hybridized carbons (Fsp3) is 0.138. The molecule has 0 spiro atoms. The Morgan fingerprint density at radius 1 is 0.973 bits per heavy atom. The first-order valence-corrected chi connectivity index (χ1v) is 13.0. The number of rotatable bonds is 7. The molecule has 1 unspecified atom stereocenters. The van der Waals surface area contributed by atoms with Gasteiger partial charge >= 0.3 is 0 Å². The summed E-state index contributed by atoms with van der Waals surface area (Å²) in [5, 5.41) is 20.3. The first kappa shape index (κ1) is 26.1. The molecule has 1 atom stereocenters. The fourth-order valence-corrected chi connectivity index (χ4v) is 5.10. The number of nitrogens with one attached hydrogen (secondary N) is 3. The highest BCUT2D eigenvalue weighted by Crippen LogP contribution is 2.41. The predicted octanol–water partition coefficient (Wildman–Crippen LogP) is 6.36. The average molecular weight is 529 g/mol. The molecule has 8 heteroatoms. The highest BCUT2D eigenvalue weighted by molar-refractivity contribution is 8.03. The molecule has 1 aliphatic rings. The highest BCUT2D eigenvalue weighted by Gasteiger charge is 2.34. The number of thioether (sulfide) groups is 1. The summed E-state index contributed by atoms with van der Waals surface area (Å²) in [6, 6.07) is 26.2. The Bertz CT molecular complexity index is 1430.